The average Bonchev–Trinajstić information content (AvgIpc) is 2.54. The molecule has 0 aliphatic carbocycles. The van der Waals surface area contributed by atoms with E-state index in [9.17, 15) is 23.4 Å². The fourth-order valence-electron chi connectivity index (χ4n) is 2.24. The molecule has 0 bridgehead atoms. The van der Waals surface area contributed by atoms with E-state index in [1.54, 1.807) is 25.9 Å². The maximum atomic E-state index is 13.0. The molecule has 0 unspecified atom stereocenters. The van der Waals surface area contributed by atoms with Gasteiger partial charge in [-0.05, 0) is 25.1 Å². The van der Waals surface area contributed by atoms with Crippen molar-refractivity contribution >= 4 is 17.6 Å². The van der Waals surface area contributed by atoms with Crippen LogP contribution in [-0.2, 0) is 12.8 Å². The van der Waals surface area contributed by atoms with E-state index in [2.05, 4.69) is 9.98 Å². The predicted molar refractivity (Wildman–Crippen MR) is 89.6 cm³/mol. The molecule has 0 atom stereocenters. The number of aryl methyl sites for hydroxylation is 1. The molecule has 2 N–H and O–H groups in total. The Bertz CT molecular complexity index is 802. The zero-order valence-corrected chi connectivity index (χ0v) is 14.0. The minimum absolute atomic E-state index is 0.0950. The highest BCUT2D eigenvalue weighted by Gasteiger charge is 2.31. The Morgan fingerprint density at radius 3 is 2.52 bits per heavy atom. The van der Waals surface area contributed by atoms with E-state index in [1.165, 1.54) is 18.5 Å². The van der Waals surface area contributed by atoms with Crippen LogP contribution in [0.4, 0.5) is 24.5 Å². The van der Waals surface area contributed by atoms with Gasteiger partial charge in [0.25, 0.3) is 0 Å². The Balaban J connectivity index is 2.56. The summed E-state index contributed by atoms with van der Waals surface area (Å²) in [5.74, 6) is -0.173. The average molecular weight is 353 g/mol. The van der Waals surface area contributed by atoms with Crippen molar-refractivity contribution in [3.05, 3.63) is 46.8 Å². The van der Waals surface area contributed by atoms with Crippen molar-refractivity contribution in [1.29, 1.82) is 0 Å². The number of nitrogens with zero attached hydrogens (tertiary/aromatic N) is 3. The number of aliphatic imine (C=N–C) groups is 1. The summed E-state index contributed by atoms with van der Waals surface area (Å²) >= 11 is 0. The Morgan fingerprint density at radius 1 is 1.28 bits per heavy atom. The van der Waals surface area contributed by atoms with Gasteiger partial charge in [-0.1, -0.05) is 0 Å². The Morgan fingerprint density at radius 2 is 1.96 bits per heavy atom. The summed E-state index contributed by atoms with van der Waals surface area (Å²) in [6, 6.07) is 3.26. The second-order valence-electron chi connectivity index (χ2n) is 5.64. The fraction of sp³-hybridized carbons (Fsp3) is 0.294. The topological polar surface area (TPSA) is 69.0 Å². The number of halogens is 3. The van der Waals surface area contributed by atoms with Crippen LogP contribution in [0, 0.1) is 6.92 Å². The lowest BCUT2D eigenvalue weighted by Crippen LogP contribution is -2.11. The maximum Gasteiger partial charge on any atom is 0.416 e. The Kier molecular flexibility index (Phi) is 5.32. The van der Waals surface area contributed by atoms with Crippen molar-refractivity contribution in [2.24, 2.45) is 4.99 Å². The van der Waals surface area contributed by atoms with Gasteiger partial charge >= 0.3 is 6.18 Å². The summed E-state index contributed by atoms with van der Waals surface area (Å²) in [6.07, 6.45) is -1.87. The van der Waals surface area contributed by atoms with Crippen molar-refractivity contribution in [1.82, 2.24) is 4.98 Å². The first-order valence-electron chi connectivity index (χ1n) is 7.36. The summed E-state index contributed by atoms with van der Waals surface area (Å²) in [4.78, 5) is 9.68. The van der Waals surface area contributed by atoms with Crippen LogP contribution in [-0.4, -0.2) is 35.5 Å². The van der Waals surface area contributed by atoms with Gasteiger partial charge in [-0.25, -0.2) is 0 Å². The third-order valence-corrected chi connectivity index (χ3v) is 3.65. The van der Waals surface area contributed by atoms with Crippen LogP contribution in [0.2, 0.25) is 0 Å². The number of aromatic hydroxyl groups is 1. The highest BCUT2D eigenvalue weighted by molar-refractivity contribution is 5.89. The lowest BCUT2D eigenvalue weighted by Gasteiger charge is -2.17. The second-order valence-corrected chi connectivity index (χ2v) is 5.64. The van der Waals surface area contributed by atoms with Crippen molar-refractivity contribution in [3.8, 4) is 5.75 Å². The van der Waals surface area contributed by atoms with Gasteiger partial charge in [0.15, 0.2) is 0 Å². The molecule has 5 nitrogen and oxygen atoms in total. The minimum Gasteiger partial charge on any atom is -0.505 e. The number of hydrogen-bond acceptors (Lipinski definition) is 5. The van der Waals surface area contributed by atoms with E-state index in [4.69, 9.17) is 0 Å². The van der Waals surface area contributed by atoms with Gasteiger partial charge in [0.05, 0.1) is 29.2 Å². The quantitative estimate of drug-likeness (QED) is 0.827. The fourth-order valence-corrected chi connectivity index (χ4v) is 2.24. The number of rotatable bonds is 4. The molecule has 0 saturated carbocycles. The molecule has 1 aromatic carbocycles. The van der Waals surface area contributed by atoms with Crippen molar-refractivity contribution in [2.45, 2.75) is 19.7 Å². The van der Waals surface area contributed by atoms with Gasteiger partial charge in [-0.3, -0.25) is 9.98 Å². The first-order valence-corrected chi connectivity index (χ1v) is 7.36. The molecule has 1 aromatic heterocycles. The molecule has 2 rings (SSSR count). The Labute approximate surface area is 143 Å². The third kappa shape index (κ3) is 4.08. The van der Waals surface area contributed by atoms with Crippen molar-refractivity contribution in [2.75, 3.05) is 19.0 Å². The van der Waals surface area contributed by atoms with Gasteiger partial charge in [0.1, 0.15) is 5.75 Å². The third-order valence-electron chi connectivity index (χ3n) is 3.65. The molecule has 0 amide bonds. The molecule has 2 aromatic rings. The molecule has 1 heterocycles. The largest absolute Gasteiger partial charge is 0.505 e. The van der Waals surface area contributed by atoms with Gasteiger partial charge in [-0.15, -0.1) is 0 Å². The maximum absolute atomic E-state index is 13.0. The van der Waals surface area contributed by atoms with E-state index in [1.807, 2.05) is 0 Å². The molecule has 0 spiro atoms. The summed E-state index contributed by atoms with van der Waals surface area (Å²) < 4.78 is 38.9. The zero-order valence-electron chi connectivity index (χ0n) is 14.0. The van der Waals surface area contributed by atoms with Crippen LogP contribution in [0.3, 0.4) is 0 Å². The lowest BCUT2D eigenvalue weighted by molar-refractivity contribution is -0.137. The van der Waals surface area contributed by atoms with Gasteiger partial charge < -0.3 is 15.1 Å². The number of benzene rings is 1. The molecule has 0 aliphatic heterocycles. The Hall–Kier alpha value is -2.61. The number of aromatic nitrogens is 1. The van der Waals surface area contributed by atoms with Crippen LogP contribution < -0.4 is 4.90 Å². The van der Waals surface area contributed by atoms with E-state index >= 15 is 0 Å². The number of aliphatic hydroxyl groups excluding tert-OH is 1. The van der Waals surface area contributed by atoms with Gasteiger partial charge in [-0.2, -0.15) is 13.2 Å². The number of pyridine rings is 1. The second kappa shape index (κ2) is 7.10. The zero-order chi connectivity index (χ0) is 18.8. The van der Waals surface area contributed by atoms with E-state index < -0.39 is 11.7 Å². The summed E-state index contributed by atoms with van der Waals surface area (Å²) in [6.45, 7) is 1.19. The smallest absolute Gasteiger partial charge is 0.416 e. The monoisotopic (exact) mass is 353 g/mol. The highest BCUT2D eigenvalue weighted by atomic mass is 19.4. The van der Waals surface area contributed by atoms with Crippen molar-refractivity contribution < 1.29 is 23.4 Å². The first-order chi connectivity index (χ1) is 11.6. The standard InChI is InChI=1S/C17H18F3N3O2/c1-10-16(25)13(11(9-24)7-21-10)8-22-14-6-12(17(18,19)20)4-5-15(14)23(2)3/h4-8,24-25H,9H2,1-3H3. The number of alkyl halides is 3. The van der Waals surface area contributed by atoms with Crippen LogP contribution in [0.25, 0.3) is 0 Å². The molecule has 25 heavy (non-hydrogen) atoms. The van der Waals surface area contributed by atoms with Crippen LogP contribution >= 0.6 is 0 Å². The normalized spacial score (nSPS) is 12.0. The van der Waals surface area contributed by atoms with E-state index in [-0.39, 0.29) is 23.6 Å². The van der Waals surface area contributed by atoms with Gasteiger partial charge in [0, 0.05) is 37.6 Å². The van der Waals surface area contributed by atoms with Crippen LogP contribution in [0.15, 0.2) is 29.4 Å². The molecule has 0 aliphatic rings. The number of hydrogen-bond donors (Lipinski definition) is 2. The van der Waals surface area contributed by atoms with E-state index in [0.717, 1.165) is 12.1 Å². The molecular weight excluding hydrogens is 335 g/mol. The predicted octanol–water partition coefficient (Wildman–Crippen LogP) is 3.42. The van der Waals surface area contributed by atoms with Crippen molar-refractivity contribution in [3.63, 3.8) is 0 Å². The first kappa shape index (κ1) is 18.7. The summed E-state index contributed by atoms with van der Waals surface area (Å²) in [7, 11) is 3.38. The lowest BCUT2D eigenvalue weighted by atomic mass is 10.1. The van der Waals surface area contributed by atoms with Crippen LogP contribution in [0.1, 0.15) is 22.4 Å². The van der Waals surface area contributed by atoms with E-state index in [0.29, 0.717) is 16.9 Å². The number of aliphatic hydroxyl groups is 1. The molecule has 0 fully saturated rings. The molecule has 134 valence electrons. The SMILES string of the molecule is Cc1ncc(CO)c(C=Nc2cc(C(F)(F)F)ccc2N(C)C)c1O. The van der Waals surface area contributed by atoms with Crippen LogP contribution in [0.5, 0.6) is 5.75 Å². The summed E-state index contributed by atoms with van der Waals surface area (Å²) in [5, 5.41) is 19.4. The minimum atomic E-state index is -4.49. The molecular formula is C17H18F3N3O2. The summed E-state index contributed by atoms with van der Waals surface area (Å²) in [5.41, 5.74) is 0.637. The molecule has 0 radical (unpaired) electrons. The van der Waals surface area contributed by atoms with Gasteiger partial charge in [0.2, 0.25) is 0 Å². The highest BCUT2D eigenvalue weighted by Crippen LogP contribution is 2.36. The molecule has 0 saturated heterocycles. The number of anilines is 1. The molecule has 8 heteroatoms.